The summed E-state index contributed by atoms with van der Waals surface area (Å²) in [6, 6.07) is 0. The van der Waals surface area contributed by atoms with Crippen LogP contribution in [-0.2, 0) is 41.1 Å². The van der Waals surface area contributed by atoms with Gasteiger partial charge in [-0.05, 0) is 6.72 Å². The minimum absolute atomic E-state index is 0.138. The number of rotatable bonds is 11. The molecule has 0 aromatic heterocycles. The number of ether oxygens (including phenoxy) is 2. The summed E-state index contributed by atoms with van der Waals surface area (Å²) in [4.78, 5) is 50.0. The number of amides is 1. The number of phosphoric acid groups is 3. The third kappa shape index (κ3) is 9.99. The van der Waals surface area contributed by atoms with Gasteiger partial charge in [-0.2, -0.15) is 8.62 Å². The van der Waals surface area contributed by atoms with Crippen molar-refractivity contribution in [2.24, 2.45) is 4.99 Å². The van der Waals surface area contributed by atoms with Crippen molar-refractivity contribution in [1.82, 2.24) is 5.32 Å². The van der Waals surface area contributed by atoms with E-state index in [9.17, 15) is 23.4 Å². The van der Waals surface area contributed by atoms with E-state index in [0.29, 0.717) is 0 Å². The Balaban J connectivity index is 2.69. The monoisotopic (exact) mass is 456 g/mol. The fourth-order valence-corrected chi connectivity index (χ4v) is 5.01. The Morgan fingerprint density at radius 2 is 1.85 bits per heavy atom. The second kappa shape index (κ2) is 9.79. The molecule has 0 aliphatic carbocycles. The van der Waals surface area contributed by atoms with Crippen molar-refractivity contribution in [3.63, 3.8) is 0 Å². The zero-order valence-electron chi connectivity index (χ0n) is 13.8. The van der Waals surface area contributed by atoms with Gasteiger partial charge in [0, 0.05) is 13.3 Å². The van der Waals surface area contributed by atoms with Crippen LogP contribution in [0, 0.1) is 0 Å². The summed E-state index contributed by atoms with van der Waals surface area (Å²) in [7, 11) is -16.4. The highest BCUT2D eigenvalue weighted by Gasteiger charge is 2.43. The second-order valence-corrected chi connectivity index (χ2v) is 9.46. The summed E-state index contributed by atoms with van der Waals surface area (Å²) in [6.07, 6.45) is -2.43. The highest BCUT2D eigenvalue weighted by atomic mass is 31.3. The molecule has 1 fully saturated rings. The molecule has 1 aliphatic heterocycles. The number of nitrogens with one attached hydrogen (secondary N) is 1. The van der Waals surface area contributed by atoms with Gasteiger partial charge in [-0.3, -0.25) is 14.3 Å². The van der Waals surface area contributed by atoms with E-state index in [1.165, 1.54) is 6.92 Å². The van der Waals surface area contributed by atoms with Gasteiger partial charge in [0.2, 0.25) is 5.91 Å². The SMILES string of the molecule is C=NCOC1C[C@H](NC(C)=O)O[C@@H]1COP(=O)(O)OP(=O)(O)OP(=O)(O)O. The Hall–Kier alpha value is -0.530. The lowest BCUT2D eigenvalue weighted by Crippen LogP contribution is -2.33. The Morgan fingerprint density at radius 1 is 1.22 bits per heavy atom. The molecule has 1 saturated heterocycles. The van der Waals surface area contributed by atoms with Gasteiger partial charge in [-0.1, -0.05) is 0 Å². The van der Waals surface area contributed by atoms with Gasteiger partial charge < -0.3 is 34.4 Å². The summed E-state index contributed by atoms with van der Waals surface area (Å²) in [5, 5.41) is 2.44. The standard InChI is InChI=1S/C9H19N2O13P3/c1-6(12)11-9-3-7(20-5-10-2)8(22-9)4-21-26(16,17)24-27(18,19)23-25(13,14)15/h7-9H,2-5H2,1H3,(H,11,12)(H,16,17)(H,18,19)(H2,13,14,15)/t7?,8-,9-/m1/s1. The number of phosphoric ester groups is 1. The second-order valence-electron chi connectivity index (χ2n) is 5.04. The first-order valence-corrected chi connectivity index (χ1v) is 11.5. The van der Waals surface area contributed by atoms with Crippen LogP contribution < -0.4 is 5.32 Å². The number of aliphatic imine (C=N–C) groups is 1. The third-order valence-electron chi connectivity index (χ3n) is 2.76. The molecular formula is C9H19N2O13P3. The van der Waals surface area contributed by atoms with Crippen LogP contribution in [0.4, 0.5) is 0 Å². The molecule has 18 heteroatoms. The maximum atomic E-state index is 11.7. The highest BCUT2D eigenvalue weighted by Crippen LogP contribution is 2.66. The van der Waals surface area contributed by atoms with Crippen LogP contribution in [0.5, 0.6) is 0 Å². The van der Waals surface area contributed by atoms with Crippen LogP contribution in [0.2, 0.25) is 0 Å². The minimum Gasteiger partial charge on any atom is -0.353 e. The zero-order chi connectivity index (χ0) is 20.9. The molecule has 0 bridgehead atoms. The lowest BCUT2D eigenvalue weighted by molar-refractivity contribution is -0.123. The molecule has 3 unspecified atom stereocenters. The van der Waals surface area contributed by atoms with Crippen LogP contribution in [-0.4, -0.2) is 64.0 Å². The molecule has 0 radical (unpaired) electrons. The van der Waals surface area contributed by atoms with Gasteiger partial charge in [0.1, 0.15) is 19.1 Å². The van der Waals surface area contributed by atoms with Gasteiger partial charge in [0.05, 0.1) is 12.7 Å². The molecule has 15 nitrogen and oxygen atoms in total. The summed E-state index contributed by atoms with van der Waals surface area (Å²) in [5.74, 6) is -0.408. The molecule has 5 N–H and O–H groups in total. The van der Waals surface area contributed by atoms with Gasteiger partial charge in [-0.25, -0.2) is 13.7 Å². The molecule has 1 amide bonds. The molecule has 0 spiro atoms. The smallest absolute Gasteiger partial charge is 0.353 e. The van der Waals surface area contributed by atoms with Crippen molar-refractivity contribution in [3.8, 4) is 0 Å². The topological polar surface area (TPSA) is 220 Å². The maximum absolute atomic E-state index is 11.7. The molecule has 5 atom stereocenters. The van der Waals surface area contributed by atoms with E-state index in [-0.39, 0.29) is 13.2 Å². The Bertz CT molecular complexity index is 680. The fraction of sp³-hybridized carbons (Fsp3) is 0.778. The van der Waals surface area contributed by atoms with E-state index in [4.69, 9.17) is 24.2 Å². The van der Waals surface area contributed by atoms with Gasteiger partial charge in [-0.15, -0.1) is 0 Å². The van der Waals surface area contributed by atoms with Crippen LogP contribution >= 0.6 is 23.5 Å². The van der Waals surface area contributed by atoms with E-state index in [1.54, 1.807) is 0 Å². The number of hydrogen-bond acceptors (Lipinski definition) is 10. The zero-order valence-corrected chi connectivity index (χ0v) is 16.5. The lowest BCUT2D eigenvalue weighted by atomic mass is 10.2. The molecule has 1 rings (SSSR count). The van der Waals surface area contributed by atoms with Crippen molar-refractivity contribution in [2.75, 3.05) is 13.3 Å². The third-order valence-corrected chi connectivity index (χ3v) is 6.56. The normalized spacial score (nSPS) is 27.5. The molecule has 0 saturated carbocycles. The lowest BCUT2D eigenvalue weighted by Gasteiger charge is -2.20. The van der Waals surface area contributed by atoms with Gasteiger partial charge in [0.25, 0.3) is 0 Å². The average molecular weight is 456 g/mol. The Labute approximate surface area is 153 Å². The summed E-state index contributed by atoms with van der Waals surface area (Å²) < 4.78 is 55.8. The Morgan fingerprint density at radius 3 is 2.37 bits per heavy atom. The average Bonchev–Trinajstić information content (AvgIpc) is 2.80. The molecule has 27 heavy (non-hydrogen) atoms. The van der Waals surface area contributed by atoms with E-state index in [1.807, 2.05) is 0 Å². The molecule has 1 heterocycles. The molecule has 1 aliphatic rings. The van der Waals surface area contributed by atoms with E-state index in [2.05, 4.69) is 30.2 Å². The first-order valence-electron chi connectivity index (χ1n) is 6.98. The fourth-order valence-electron chi connectivity index (χ4n) is 1.98. The van der Waals surface area contributed by atoms with E-state index in [0.717, 1.165) is 0 Å². The number of carbonyl (C=O) groups is 1. The first kappa shape index (κ1) is 24.5. The van der Waals surface area contributed by atoms with E-state index >= 15 is 0 Å². The van der Waals surface area contributed by atoms with E-state index < -0.39 is 54.4 Å². The van der Waals surface area contributed by atoms with Gasteiger partial charge in [0.15, 0.2) is 0 Å². The van der Waals surface area contributed by atoms with Gasteiger partial charge >= 0.3 is 23.5 Å². The molecular weight excluding hydrogens is 437 g/mol. The summed E-state index contributed by atoms with van der Waals surface area (Å²) in [6.45, 7) is 3.60. The largest absolute Gasteiger partial charge is 0.490 e. The van der Waals surface area contributed by atoms with Crippen molar-refractivity contribution >= 4 is 36.1 Å². The summed E-state index contributed by atoms with van der Waals surface area (Å²) in [5.41, 5.74) is 0. The van der Waals surface area contributed by atoms with Crippen molar-refractivity contribution < 1.29 is 60.7 Å². The predicted molar refractivity (Wildman–Crippen MR) is 86.2 cm³/mol. The molecule has 0 aromatic carbocycles. The summed E-state index contributed by atoms with van der Waals surface area (Å²) >= 11 is 0. The minimum atomic E-state index is -5.61. The van der Waals surface area contributed by atoms with Crippen LogP contribution in [0.15, 0.2) is 4.99 Å². The van der Waals surface area contributed by atoms with Crippen LogP contribution in [0.1, 0.15) is 13.3 Å². The molecule has 158 valence electrons. The highest BCUT2D eigenvalue weighted by molar-refractivity contribution is 7.66. The Kier molecular flexibility index (Phi) is 8.89. The van der Waals surface area contributed by atoms with Crippen LogP contribution in [0.25, 0.3) is 0 Å². The van der Waals surface area contributed by atoms with Crippen molar-refractivity contribution in [3.05, 3.63) is 0 Å². The number of nitrogens with zero attached hydrogens (tertiary/aromatic N) is 1. The molecule has 0 aromatic rings. The van der Waals surface area contributed by atoms with Crippen molar-refractivity contribution in [1.29, 1.82) is 0 Å². The number of hydrogen-bond donors (Lipinski definition) is 5. The van der Waals surface area contributed by atoms with Crippen LogP contribution in [0.3, 0.4) is 0 Å². The van der Waals surface area contributed by atoms with Crippen molar-refractivity contribution in [2.45, 2.75) is 31.8 Å². The quantitative estimate of drug-likeness (QED) is 0.198. The maximum Gasteiger partial charge on any atom is 0.490 e. The first-order chi connectivity index (χ1) is 12.2. The number of carbonyl (C=O) groups excluding carboxylic acids is 1. The predicted octanol–water partition coefficient (Wildman–Crippen LogP) is -0.376.